The standard InChI is InChI=1S/C13H14ClN3O4S/c1-7-10(8(2)17-16-7)6-15-22(20,21)12-5-9(13(18)19)3-4-11(12)14/h3-5,15H,6H2,1-2H3,(H,16,17)(H,18,19). The van der Waals surface area contributed by atoms with Gasteiger partial charge in [0.1, 0.15) is 4.90 Å². The van der Waals surface area contributed by atoms with E-state index in [1.807, 2.05) is 0 Å². The summed E-state index contributed by atoms with van der Waals surface area (Å²) in [5.41, 5.74) is 2.02. The molecule has 0 saturated carbocycles. The van der Waals surface area contributed by atoms with Gasteiger partial charge in [-0.3, -0.25) is 5.10 Å². The van der Waals surface area contributed by atoms with Crippen molar-refractivity contribution < 1.29 is 18.3 Å². The van der Waals surface area contributed by atoms with E-state index in [-0.39, 0.29) is 22.0 Å². The van der Waals surface area contributed by atoms with Crippen LogP contribution in [0.15, 0.2) is 23.1 Å². The Labute approximate surface area is 132 Å². The average molecular weight is 344 g/mol. The third kappa shape index (κ3) is 3.29. The van der Waals surface area contributed by atoms with Crippen LogP contribution in [0, 0.1) is 13.8 Å². The molecule has 7 nitrogen and oxygen atoms in total. The van der Waals surface area contributed by atoms with Gasteiger partial charge in [0.05, 0.1) is 16.3 Å². The lowest BCUT2D eigenvalue weighted by Gasteiger charge is -2.09. The Morgan fingerprint density at radius 1 is 1.41 bits per heavy atom. The minimum absolute atomic E-state index is 0.0319. The van der Waals surface area contributed by atoms with Crippen LogP contribution in [0.2, 0.25) is 5.02 Å². The van der Waals surface area contributed by atoms with Gasteiger partial charge in [0.25, 0.3) is 0 Å². The molecule has 22 heavy (non-hydrogen) atoms. The molecule has 0 spiro atoms. The van der Waals surface area contributed by atoms with Crippen LogP contribution >= 0.6 is 11.6 Å². The first-order valence-electron chi connectivity index (χ1n) is 6.25. The van der Waals surface area contributed by atoms with Gasteiger partial charge in [0, 0.05) is 17.8 Å². The molecule has 9 heteroatoms. The molecule has 0 atom stereocenters. The lowest BCUT2D eigenvalue weighted by Crippen LogP contribution is -2.24. The number of aryl methyl sites for hydroxylation is 2. The predicted octanol–water partition coefficient (Wildman–Crippen LogP) is 1.86. The van der Waals surface area contributed by atoms with Crippen molar-refractivity contribution >= 4 is 27.6 Å². The monoisotopic (exact) mass is 343 g/mol. The summed E-state index contributed by atoms with van der Waals surface area (Å²) in [5.74, 6) is -1.23. The molecule has 0 fully saturated rings. The van der Waals surface area contributed by atoms with E-state index in [0.717, 1.165) is 17.3 Å². The number of nitrogens with zero attached hydrogens (tertiary/aromatic N) is 1. The number of benzene rings is 1. The summed E-state index contributed by atoms with van der Waals surface area (Å²) in [6.07, 6.45) is 0. The number of H-pyrrole nitrogens is 1. The predicted molar refractivity (Wildman–Crippen MR) is 80.5 cm³/mol. The number of carboxylic acids is 1. The SMILES string of the molecule is Cc1n[nH]c(C)c1CNS(=O)(=O)c1cc(C(=O)O)ccc1Cl. The van der Waals surface area contributed by atoms with Gasteiger partial charge in [0.2, 0.25) is 10.0 Å². The van der Waals surface area contributed by atoms with Crippen molar-refractivity contribution in [3.63, 3.8) is 0 Å². The van der Waals surface area contributed by atoms with E-state index >= 15 is 0 Å². The highest BCUT2D eigenvalue weighted by Gasteiger charge is 2.21. The number of carboxylic acid groups (broad SMARTS) is 1. The molecule has 0 unspecified atom stereocenters. The fraction of sp³-hybridized carbons (Fsp3) is 0.231. The maximum atomic E-state index is 12.3. The van der Waals surface area contributed by atoms with Gasteiger partial charge >= 0.3 is 5.97 Å². The topological polar surface area (TPSA) is 112 Å². The Hall–Kier alpha value is -1.90. The summed E-state index contributed by atoms with van der Waals surface area (Å²) in [6.45, 7) is 3.57. The van der Waals surface area contributed by atoms with Crippen LogP contribution in [0.3, 0.4) is 0 Å². The maximum absolute atomic E-state index is 12.3. The second kappa shape index (κ2) is 6.07. The van der Waals surface area contributed by atoms with E-state index in [1.54, 1.807) is 13.8 Å². The molecule has 0 aliphatic rings. The Morgan fingerprint density at radius 3 is 2.64 bits per heavy atom. The fourth-order valence-corrected chi connectivity index (χ4v) is 3.44. The summed E-state index contributed by atoms with van der Waals surface area (Å²) in [7, 11) is -3.94. The lowest BCUT2D eigenvalue weighted by atomic mass is 10.2. The van der Waals surface area contributed by atoms with Crippen LogP contribution in [-0.4, -0.2) is 29.7 Å². The lowest BCUT2D eigenvalue weighted by molar-refractivity contribution is 0.0696. The number of aromatic amines is 1. The van der Waals surface area contributed by atoms with Crippen LogP contribution in [0.1, 0.15) is 27.3 Å². The third-order valence-electron chi connectivity index (χ3n) is 3.19. The molecule has 2 rings (SSSR count). The van der Waals surface area contributed by atoms with Crippen molar-refractivity contribution in [1.82, 2.24) is 14.9 Å². The van der Waals surface area contributed by atoms with E-state index in [2.05, 4.69) is 14.9 Å². The zero-order valence-corrected chi connectivity index (χ0v) is 13.4. The maximum Gasteiger partial charge on any atom is 0.335 e. The van der Waals surface area contributed by atoms with E-state index in [0.29, 0.717) is 5.69 Å². The molecule has 0 bridgehead atoms. The number of halogens is 1. The number of carbonyl (C=O) groups is 1. The highest BCUT2D eigenvalue weighted by atomic mass is 35.5. The molecule has 0 radical (unpaired) electrons. The Bertz CT molecular complexity index is 810. The van der Waals surface area contributed by atoms with Crippen molar-refractivity contribution in [2.75, 3.05) is 0 Å². The number of rotatable bonds is 5. The highest BCUT2D eigenvalue weighted by molar-refractivity contribution is 7.89. The first-order valence-corrected chi connectivity index (χ1v) is 8.11. The summed E-state index contributed by atoms with van der Waals surface area (Å²) in [6, 6.07) is 3.52. The zero-order valence-electron chi connectivity index (χ0n) is 11.8. The summed E-state index contributed by atoms with van der Waals surface area (Å²) in [5, 5.41) is 15.6. The normalized spacial score (nSPS) is 11.6. The van der Waals surface area contributed by atoms with Gasteiger partial charge in [-0.15, -0.1) is 0 Å². The van der Waals surface area contributed by atoms with E-state index < -0.39 is 16.0 Å². The van der Waals surface area contributed by atoms with Crippen LogP contribution < -0.4 is 4.72 Å². The largest absolute Gasteiger partial charge is 0.478 e. The second-order valence-electron chi connectivity index (χ2n) is 4.69. The van der Waals surface area contributed by atoms with Crippen LogP contribution in [0.4, 0.5) is 0 Å². The van der Waals surface area contributed by atoms with Gasteiger partial charge in [-0.2, -0.15) is 5.10 Å². The fourth-order valence-electron chi connectivity index (χ4n) is 1.92. The number of nitrogens with one attached hydrogen (secondary N) is 2. The summed E-state index contributed by atoms with van der Waals surface area (Å²) in [4.78, 5) is 10.7. The van der Waals surface area contributed by atoms with Crippen molar-refractivity contribution in [3.05, 3.63) is 45.7 Å². The van der Waals surface area contributed by atoms with Gasteiger partial charge in [0.15, 0.2) is 0 Å². The molecule has 0 aliphatic heterocycles. The van der Waals surface area contributed by atoms with Gasteiger partial charge < -0.3 is 5.11 Å². The first kappa shape index (κ1) is 16.5. The van der Waals surface area contributed by atoms with Crippen LogP contribution in [0.25, 0.3) is 0 Å². The molecule has 0 amide bonds. The smallest absolute Gasteiger partial charge is 0.335 e. The Balaban J connectivity index is 2.31. The van der Waals surface area contributed by atoms with Gasteiger partial charge in [-0.25, -0.2) is 17.9 Å². The van der Waals surface area contributed by atoms with E-state index in [4.69, 9.17) is 16.7 Å². The van der Waals surface area contributed by atoms with Crippen molar-refractivity contribution in [2.24, 2.45) is 0 Å². The van der Waals surface area contributed by atoms with Crippen LogP contribution in [-0.2, 0) is 16.6 Å². The van der Waals surface area contributed by atoms with Crippen molar-refractivity contribution in [3.8, 4) is 0 Å². The third-order valence-corrected chi connectivity index (χ3v) is 5.07. The molecule has 0 saturated heterocycles. The van der Waals surface area contributed by atoms with Gasteiger partial charge in [-0.05, 0) is 32.0 Å². The van der Waals surface area contributed by atoms with Crippen LogP contribution in [0.5, 0.6) is 0 Å². The first-order chi connectivity index (χ1) is 10.2. The zero-order chi connectivity index (χ0) is 16.5. The minimum atomic E-state index is -3.94. The molecule has 1 heterocycles. The van der Waals surface area contributed by atoms with E-state index in [1.165, 1.54) is 12.1 Å². The number of hydrogen-bond acceptors (Lipinski definition) is 4. The Kier molecular flexibility index (Phi) is 4.55. The molecular formula is C13H14ClN3O4S. The van der Waals surface area contributed by atoms with Gasteiger partial charge in [-0.1, -0.05) is 11.6 Å². The number of aromatic nitrogens is 2. The minimum Gasteiger partial charge on any atom is -0.478 e. The van der Waals surface area contributed by atoms with E-state index in [9.17, 15) is 13.2 Å². The quantitative estimate of drug-likeness (QED) is 0.767. The average Bonchev–Trinajstić information content (AvgIpc) is 2.76. The second-order valence-corrected chi connectivity index (χ2v) is 6.83. The molecule has 0 aliphatic carbocycles. The summed E-state index contributed by atoms with van der Waals surface area (Å²) >= 11 is 5.88. The van der Waals surface area contributed by atoms with Crippen molar-refractivity contribution in [1.29, 1.82) is 0 Å². The molecule has 1 aromatic heterocycles. The summed E-state index contributed by atoms with van der Waals surface area (Å²) < 4.78 is 27.1. The number of aromatic carboxylic acids is 1. The molecule has 2 aromatic rings. The van der Waals surface area contributed by atoms with Crippen molar-refractivity contribution in [2.45, 2.75) is 25.3 Å². The molecule has 118 valence electrons. The molecular weight excluding hydrogens is 330 g/mol. The molecule has 1 aromatic carbocycles. The number of sulfonamides is 1. The molecule has 3 N–H and O–H groups in total. The number of hydrogen-bond donors (Lipinski definition) is 3. The highest BCUT2D eigenvalue weighted by Crippen LogP contribution is 2.23. The Morgan fingerprint density at radius 2 is 2.09 bits per heavy atom.